The fraction of sp³-hybridized carbons (Fsp3) is 0.0909. The third-order valence-corrected chi connectivity index (χ3v) is 2.52. The van der Waals surface area contributed by atoms with Gasteiger partial charge >= 0.3 is 0 Å². The van der Waals surface area contributed by atoms with Gasteiger partial charge in [-0.05, 0) is 12.1 Å². The van der Waals surface area contributed by atoms with E-state index < -0.39 is 5.56 Å². The number of benzene rings is 1. The Balaban J connectivity index is 2.63. The van der Waals surface area contributed by atoms with Crippen LogP contribution in [0.5, 0.6) is 5.75 Å². The van der Waals surface area contributed by atoms with E-state index in [0.717, 1.165) is 4.68 Å². The van der Waals surface area contributed by atoms with Crippen molar-refractivity contribution in [3.63, 3.8) is 0 Å². The molecular weight excluding hydrogens is 256 g/mol. The standard InChI is InChI=1S/C11H11ClN4O2/c1-18-8-4-2-3-7(5-8)16-11(17)9(14-13)6-10(12)15-16/h2-6,14H,13H2,1H3. The average molecular weight is 267 g/mol. The highest BCUT2D eigenvalue weighted by atomic mass is 35.5. The predicted octanol–water partition coefficient (Wildman–Crippen LogP) is 1.18. The van der Waals surface area contributed by atoms with Crippen LogP contribution in [-0.2, 0) is 0 Å². The van der Waals surface area contributed by atoms with E-state index in [4.69, 9.17) is 22.2 Å². The topological polar surface area (TPSA) is 82.2 Å². The van der Waals surface area contributed by atoms with Gasteiger partial charge in [0.15, 0.2) is 5.15 Å². The summed E-state index contributed by atoms with van der Waals surface area (Å²) in [5.41, 5.74) is 2.60. The van der Waals surface area contributed by atoms with Gasteiger partial charge in [-0.15, -0.1) is 0 Å². The molecular formula is C11H11ClN4O2. The van der Waals surface area contributed by atoms with Gasteiger partial charge in [-0.3, -0.25) is 10.6 Å². The van der Waals surface area contributed by atoms with Gasteiger partial charge in [0, 0.05) is 12.1 Å². The van der Waals surface area contributed by atoms with Gasteiger partial charge in [-0.1, -0.05) is 17.7 Å². The maximum atomic E-state index is 12.0. The Hall–Kier alpha value is -2.05. The summed E-state index contributed by atoms with van der Waals surface area (Å²) >= 11 is 5.83. The first-order valence-corrected chi connectivity index (χ1v) is 5.44. The molecule has 1 aromatic heterocycles. The van der Waals surface area contributed by atoms with E-state index in [1.807, 2.05) is 0 Å². The van der Waals surface area contributed by atoms with Crippen molar-refractivity contribution in [2.75, 3.05) is 12.5 Å². The van der Waals surface area contributed by atoms with Crippen LogP contribution < -0.4 is 21.6 Å². The van der Waals surface area contributed by atoms with Gasteiger partial charge in [-0.2, -0.15) is 9.78 Å². The Bertz CT molecular complexity index is 627. The number of nitrogens with zero attached hydrogens (tertiary/aromatic N) is 2. The molecule has 0 bridgehead atoms. The minimum Gasteiger partial charge on any atom is -0.497 e. The molecule has 0 fully saturated rings. The molecule has 0 unspecified atom stereocenters. The molecule has 94 valence electrons. The highest BCUT2D eigenvalue weighted by molar-refractivity contribution is 6.29. The summed E-state index contributed by atoms with van der Waals surface area (Å²) in [6.45, 7) is 0. The predicted molar refractivity (Wildman–Crippen MR) is 69.2 cm³/mol. The zero-order valence-corrected chi connectivity index (χ0v) is 10.3. The Morgan fingerprint density at radius 3 is 2.89 bits per heavy atom. The fourth-order valence-electron chi connectivity index (χ4n) is 1.49. The van der Waals surface area contributed by atoms with Crippen LogP contribution in [0, 0.1) is 0 Å². The minimum absolute atomic E-state index is 0.158. The van der Waals surface area contributed by atoms with E-state index in [0.29, 0.717) is 11.4 Å². The molecule has 0 atom stereocenters. The lowest BCUT2D eigenvalue weighted by atomic mass is 10.3. The Morgan fingerprint density at radius 2 is 2.22 bits per heavy atom. The summed E-state index contributed by atoms with van der Waals surface area (Å²) in [5.74, 6) is 5.86. The van der Waals surface area contributed by atoms with Gasteiger partial charge in [0.25, 0.3) is 5.56 Å². The first-order chi connectivity index (χ1) is 8.65. The van der Waals surface area contributed by atoms with E-state index in [2.05, 4.69) is 10.5 Å². The number of anilines is 1. The Kier molecular flexibility index (Phi) is 3.50. The van der Waals surface area contributed by atoms with Crippen LogP contribution in [0.25, 0.3) is 5.69 Å². The normalized spacial score (nSPS) is 10.2. The summed E-state index contributed by atoms with van der Waals surface area (Å²) in [6.07, 6.45) is 0. The van der Waals surface area contributed by atoms with Gasteiger partial charge in [0.2, 0.25) is 0 Å². The molecule has 6 nitrogen and oxygen atoms in total. The quantitative estimate of drug-likeness (QED) is 0.644. The van der Waals surface area contributed by atoms with Crippen LogP contribution in [-0.4, -0.2) is 16.9 Å². The summed E-state index contributed by atoms with van der Waals surface area (Å²) in [4.78, 5) is 12.0. The molecule has 1 heterocycles. The minimum atomic E-state index is -0.393. The number of hydrogen-bond acceptors (Lipinski definition) is 5. The molecule has 1 aromatic carbocycles. The Morgan fingerprint density at radius 1 is 1.44 bits per heavy atom. The SMILES string of the molecule is COc1cccc(-n2nc(Cl)cc(NN)c2=O)c1. The van der Waals surface area contributed by atoms with Gasteiger partial charge in [0.1, 0.15) is 11.4 Å². The third kappa shape index (κ3) is 2.29. The lowest BCUT2D eigenvalue weighted by Gasteiger charge is -2.08. The van der Waals surface area contributed by atoms with E-state index in [1.165, 1.54) is 6.07 Å². The van der Waals surface area contributed by atoms with Crippen molar-refractivity contribution < 1.29 is 4.74 Å². The molecule has 0 aliphatic rings. The maximum absolute atomic E-state index is 12.0. The van der Waals surface area contributed by atoms with Gasteiger partial charge < -0.3 is 10.2 Å². The number of halogens is 1. The first-order valence-electron chi connectivity index (χ1n) is 5.06. The number of rotatable bonds is 3. The van der Waals surface area contributed by atoms with Crippen LogP contribution in [0.15, 0.2) is 35.1 Å². The van der Waals surface area contributed by atoms with E-state index in [9.17, 15) is 4.79 Å². The van der Waals surface area contributed by atoms with Gasteiger partial charge in [-0.25, -0.2) is 0 Å². The van der Waals surface area contributed by atoms with Gasteiger partial charge in [0.05, 0.1) is 12.8 Å². The van der Waals surface area contributed by atoms with Crippen molar-refractivity contribution >= 4 is 17.3 Å². The van der Waals surface area contributed by atoms with Crippen LogP contribution in [0.2, 0.25) is 5.15 Å². The summed E-state index contributed by atoms with van der Waals surface area (Å²) in [6, 6.07) is 8.26. The molecule has 3 N–H and O–H groups in total. The number of aromatic nitrogens is 2. The second kappa shape index (κ2) is 5.07. The second-order valence-electron chi connectivity index (χ2n) is 3.44. The van der Waals surface area contributed by atoms with Crippen LogP contribution >= 0.6 is 11.6 Å². The maximum Gasteiger partial charge on any atom is 0.296 e. The number of ether oxygens (including phenoxy) is 1. The number of nitrogens with two attached hydrogens (primary N) is 1. The smallest absolute Gasteiger partial charge is 0.296 e. The van der Waals surface area contributed by atoms with E-state index in [-0.39, 0.29) is 10.8 Å². The van der Waals surface area contributed by atoms with Crippen LogP contribution in [0.4, 0.5) is 5.69 Å². The lowest BCUT2D eigenvalue weighted by Crippen LogP contribution is -2.26. The Labute approximate surface area is 108 Å². The molecule has 7 heteroatoms. The zero-order chi connectivity index (χ0) is 13.1. The van der Waals surface area contributed by atoms with Crippen molar-refractivity contribution in [1.29, 1.82) is 0 Å². The monoisotopic (exact) mass is 266 g/mol. The fourth-order valence-corrected chi connectivity index (χ4v) is 1.67. The molecule has 0 spiro atoms. The molecule has 0 aliphatic carbocycles. The number of hydrogen-bond donors (Lipinski definition) is 2. The molecule has 0 amide bonds. The summed E-state index contributed by atoms with van der Waals surface area (Å²) in [7, 11) is 1.54. The van der Waals surface area contributed by atoms with Crippen LogP contribution in [0.3, 0.4) is 0 Å². The second-order valence-corrected chi connectivity index (χ2v) is 3.83. The van der Waals surface area contributed by atoms with Crippen molar-refractivity contribution in [1.82, 2.24) is 9.78 Å². The number of methoxy groups -OCH3 is 1. The van der Waals surface area contributed by atoms with Crippen molar-refractivity contribution in [2.24, 2.45) is 5.84 Å². The molecule has 18 heavy (non-hydrogen) atoms. The average Bonchev–Trinajstić information content (AvgIpc) is 2.41. The molecule has 2 aromatic rings. The van der Waals surface area contributed by atoms with Crippen LogP contribution in [0.1, 0.15) is 0 Å². The molecule has 2 rings (SSSR count). The van der Waals surface area contributed by atoms with Crippen molar-refractivity contribution in [2.45, 2.75) is 0 Å². The molecule has 0 aliphatic heterocycles. The van der Waals surface area contributed by atoms with E-state index in [1.54, 1.807) is 31.4 Å². The number of nitrogen functional groups attached to an aromatic ring is 1. The third-order valence-electron chi connectivity index (χ3n) is 2.34. The zero-order valence-electron chi connectivity index (χ0n) is 9.55. The molecule has 0 radical (unpaired) electrons. The highest BCUT2D eigenvalue weighted by Gasteiger charge is 2.08. The number of nitrogens with one attached hydrogen (secondary N) is 1. The van der Waals surface area contributed by atoms with Crippen molar-refractivity contribution in [3.05, 3.63) is 45.8 Å². The summed E-state index contributed by atoms with van der Waals surface area (Å²) < 4.78 is 6.24. The van der Waals surface area contributed by atoms with Crippen molar-refractivity contribution in [3.8, 4) is 11.4 Å². The molecule has 0 saturated heterocycles. The highest BCUT2D eigenvalue weighted by Crippen LogP contribution is 2.16. The number of hydrazine groups is 1. The largest absolute Gasteiger partial charge is 0.497 e. The summed E-state index contributed by atoms with van der Waals surface area (Å²) in [5, 5.41) is 4.10. The first kappa shape index (κ1) is 12.4. The lowest BCUT2D eigenvalue weighted by molar-refractivity contribution is 0.414. The van der Waals surface area contributed by atoms with E-state index >= 15 is 0 Å². The molecule has 0 saturated carbocycles.